The van der Waals surface area contributed by atoms with Crippen molar-refractivity contribution in [1.82, 2.24) is 5.32 Å². The highest BCUT2D eigenvalue weighted by atomic mass is 35.5. The Bertz CT molecular complexity index is 717. The molecule has 23 heavy (non-hydrogen) atoms. The van der Waals surface area contributed by atoms with Gasteiger partial charge in [-0.2, -0.15) is 0 Å². The summed E-state index contributed by atoms with van der Waals surface area (Å²) in [6, 6.07) is 10.3. The van der Waals surface area contributed by atoms with Crippen LogP contribution < -0.4 is 5.32 Å². The fourth-order valence-corrected chi connectivity index (χ4v) is 1.64. The molecular weight excluding hydrogens is 322 g/mol. The standard InChI is InChI=1S/C8H8ClNO.C7H6N2O3/c1-10-8(11)6-2-4-7(9)5-3-6;8-4-5-3-6(9(11)12)1-2-7(5)10/h2-5H,1H3,(H,10,11);1-4,8,10H. The fourth-order valence-electron chi connectivity index (χ4n) is 1.52. The van der Waals surface area contributed by atoms with Crippen LogP contribution in [0.3, 0.4) is 0 Å². The van der Waals surface area contributed by atoms with E-state index in [1.165, 1.54) is 12.1 Å². The summed E-state index contributed by atoms with van der Waals surface area (Å²) in [6.45, 7) is 0. The highest BCUT2D eigenvalue weighted by Crippen LogP contribution is 2.20. The van der Waals surface area contributed by atoms with Crippen molar-refractivity contribution in [3.05, 3.63) is 68.7 Å². The van der Waals surface area contributed by atoms with Crippen molar-refractivity contribution < 1.29 is 14.8 Å². The monoisotopic (exact) mass is 335 g/mol. The van der Waals surface area contributed by atoms with Crippen molar-refractivity contribution in [1.29, 1.82) is 5.41 Å². The molecule has 0 heterocycles. The Kier molecular flexibility index (Phi) is 6.69. The normalized spacial score (nSPS) is 9.30. The van der Waals surface area contributed by atoms with Gasteiger partial charge in [0.15, 0.2) is 0 Å². The zero-order valence-corrected chi connectivity index (χ0v) is 12.9. The Labute approximate surface area is 137 Å². The van der Waals surface area contributed by atoms with Crippen LogP contribution in [-0.2, 0) is 0 Å². The Morgan fingerprint density at radius 1 is 1.30 bits per heavy atom. The van der Waals surface area contributed by atoms with Gasteiger partial charge in [0.2, 0.25) is 0 Å². The predicted molar refractivity (Wildman–Crippen MR) is 87.5 cm³/mol. The number of nitrogens with zero attached hydrogens (tertiary/aromatic N) is 1. The molecule has 2 aromatic rings. The van der Waals surface area contributed by atoms with Gasteiger partial charge in [-0.25, -0.2) is 0 Å². The number of nitro benzene ring substituents is 1. The maximum Gasteiger partial charge on any atom is 0.270 e. The first-order valence-corrected chi connectivity index (χ1v) is 6.72. The third-order valence-electron chi connectivity index (χ3n) is 2.71. The van der Waals surface area contributed by atoms with Gasteiger partial charge in [0, 0.05) is 41.5 Å². The van der Waals surface area contributed by atoms with Gasteiger partial charge in [0.05, 0.1) is 4.92 Å². The van der Waals surface area contributed by atoms with E-state index in [1.807, 2.05) is 0 Å². The van der Waals surface area contributed by atoms with Crippen molar-refractivity contribution in [2.24, 2.45) is 0 Å². The van der Waals surface area contributed by atoms with Crippen molar-refractivity contribution >= 4 is 29.4 Å². The van der Waals surface area contributed by atoms with E-state index in [-0.39, 0.29) is 22.9 Å². The first-order valence-electron chi connectivity index (χ1n) is 6.34. The highest BCUT2D eigenvalue weighted by Gasteiger charge is 2.07. The molecule has 0 radical (unpaired) electrons. The Balaban J connectivity index is 0.000000231. The summed E-state index contributed by atoms with van der Waals surface area (Å²) in [5.74, 6) is -0.225. The molecule has 8 heteroatoms. The van der Waals surface area contributed by atoms with Crippen LogP contribution in [0.5, 0.6) is 5.75 Å². The minimum atomic E-state index is -0.577. The minimum Gasteiger partial charge on any atom is -0.507 e. The number of carbonyl (C=O) groups excluding carboxylic acids is 1. The number of halogens is 1. The summed E-state index contributed by atoms with van der Waals surface area (Å²) in [6.07, 6.45) is 0.863. The van der Waals surface area contributed by atoms with Gasteiger partial charge in [-0.3, -0.25) is 14.9 Å². The molecule has 0 unspecified atom stereocenters. The molecular formula is C15H14ClN3O4. The number of phenolic OH excluding ortho intramolecular Hbond substituents is 1. The molecule has 0 atom stereocenters. The summed E-state index contributed by atoms with van der Waals surface area (Å²) in [4.78, 5) is 20.6. The Morgan fingerprint density at radius 3 is 2.39 bits per heavy atom. The summed E-state index contributed by atoms with van der Waals surface area (Å²) in [5, 5.41) is 29.2. The smallest absolute Gasteiger partial charge is 0.270 e. The van der Waals surface area contributed by atoms with Crippen molar-refractivity contribution in [2.75, 3.05) is 7.05 Å². The van der Waals surface area contributed by atoms with Crippen molar-refractivity contribution in [3.8, 4) is 5.75 Å². The van der Waals surface area contributed by atoms with E-state index >= 15 is 0 Å². The molecule has 3 N–H and O–H groups in total. The molecule has 120 valence electrons. The second-order valence-corrected chi connectivity index (χ2v) is 4.67. The lowest BCUT2D eigenvalue weighted by molar-refractivity contribution is -0.384. The number of amides is 1. The van der Waals surface area contributed by atoms with E-state index in [2.05, 4.69) is 5.32 Å². The maximum absolute atomic E-state index is 11.0. The SMILES string of the molecule is CNC(=O)c1ccc(Cl)cc1.N=Cc1cc([N+](=O)[O-])ccc1O. The summed E-state index contributed by atoms with van der Waals surface area (Å²) >= 11 is 5.63. The number of carbonyl (C=O) groups is 1. The van der Waals surface area contributed by atoms with Crippen molar-refractivity contribution in [3.63, 3.8) is 0 Å². The summed E-state index contributed by atoms with van der Waals surface area (Å²) in [5.41, 5.74) is 0.632. The molecule has 0 aliphatic heterocycles. The Morgan fingerprint density at radius 2 is 1.91 bits per heavy atom. The number of phenols is 1. The zero-order chi connectivity index (χ0) is 17.4. The lowest BCUT2D eigenvalue weighted by Crippen LogP contribution is -2.17. The van der Waals surface area contributed by atoms with E-state index in [0.717, 1.165) is 12.3 Å². The van der Waals surface area contributed by atoms with Crippen LogP contribution in [0.2, 0.25) is 5.02 Å². The number of nitrogens with one attached hydrogen (secondary N) is 2. The molecule has 0 aromatic heterocycles. The molecule has 2 rings (SSSR count). The number of hydrogen-bond acceptors (Lipinski definition) is 5. The van der Waals surface area contributed by atoms with E-state index in [0.29, 0.717) is 10.6 Å². The van der Waals surface area contributed by atoms with Gasteiger partial charge in [-0.1, -0.05) is 11.6 Å². The van der Waals surface area contributed by atoms with E-state index in [1.54, 1.807) is 31.3 Å². The number of rotatable bonds is 3. The largest absolute Gasteiger partial charge is 0.507 e. The lowest BCUT2D eigenvalue weighted by Gasteiger charge is -1.97. The van der Waals surface area contributed by atoms with E-state index < -0.39 is 4.92 Å². The van der Waals surface area contributed by atoms with E-state index in [9.17, 15) is 14.9 Å². The summed E-state index contributed by atoms with van der Waals surface area (Å²) in [7, 11) is 1.59. The fraction of sp³-hybridized carbons (Fsp3) is 0.0667. The number of hydrogen-bond donors (Lipinski definition) is 3. The average molecular weight is 336 g/mol. The van der Waals surface area contributed by atoms with Gasteiger partial charge in [0.25, 0.3) is 11.6 Å². The van der Waals surface area contributed by atoms with Crippen molar-refractivity contribution in [2.45, 2.75) is 0 Å². The van der Waals surface area contributed by atoms with Crippen LogP contribution in [-0.4, -0.2) is 29.2 Å². The molecule has 7 nitrogen and oxygen atoms in total. The highest BCUT2D eigenvalue weighted by molar-refractivity contribution is 6.30. The van der Waals surface area contributed by atoms with Gasteiger partial charge in [-0.05, 0) is 30.3 Å². The molecule has 0 aliphatic rings. The van der Waals surface area contributed by atoms with Crippen LogP contribution in [0.25, 0.3) is 0 Å². The van der Waals surface area contributed by atoms with Crippen LogP contribution in [0, 0.1) is 15.5 Å². The molecule has 0 spiro atoms. The van der Waals surface area contributed by atoms with Crippen LogP contribution in [0.4, 0.5) is 5.69 Å². The van der Waals surface area contributed by atoms with Crippen LogP contribution in [0.1, 0.15) is 15.9 Å². The average Bonchev–Trinajstić information content (AvgIpc) is 2.55. The third kappa shape index (κ3) is 5.40. The topological polar surface area (TPSA) is 116 Å². The third-order valence-corrected chi connectivity index (χ3v) is 2.96. The molecule has 0 bridgehead atoms. The quantitative estimate of drug-likeness (QED) is 0.454. The molecule has 1 amide bonds. The molecule has 0 saturated heterocycles. The predicted octanol–water partition coefficient (Wildman–Crippen LogP) is 3.00. The van der Waals surface area contributed by atoms with Gasteiger partial charge < -0.3 is 15.8 Å². The van der Waals surface area contributed by atoms with Crippen LogP contribution >= 0.6 is 11.6 Å². The number of non-ortho nitro benzene ring substituents is 1. The second-order valence-electron chi connectivity index (χ2n) is 4.23. The minimum absolute atomic E-state index is 0.0957. The van der Waals surface area contributed by atoms with Gasteiger partial charge >= 0.3 is 0 Å². The molecule has 0 aliphatic carbocycles. The van der Waals surface area contributed by atoms with E-state index in [4.69, 9.17) is 22.1 Å². The maximum atomic E-state index is 11.0. The zero-order valence-electron chi connectivity index (χ0n) is 12.1. The number of aromatic hydroxyl groups is 1. The van der Waals surface area contributed by atoms with Crippen LogP contribution in [0.15, 0.2) is 42.5 Å². The molecule has 0 fully saturated rings. The summed E-state index contributed by atoms with van der Waals surface area (Å²) < 4.78 is 0. The first-order chi connectivity index (χ1) is 10.9. The molecule has 0 saturated carbocycles. The molecule has 2 aromatic carbocycles. The first kappa shape index (κ1) is 18.1. The lowest BCUT2D eigenvalue weighted by atomic mass is 10.2. The van der Waals surface area contributed by atoms with Gasteiger partial charge in [-0.15, -0.1) is 0 Å². The second kappa shape index (κ2) is 8.50. The number of benzene rings is 2. The Hall–Kier alpha value is -2.93. The van der Waals surface area contributed by atoms with Gasteiger partial charge in [0.1, 0.15) is 5.75 Å². The number of nitro groups is 1.